The van der Waals surface area contributed by atoms with Crippen LogP contribution in [-0.4, -0.2) is 37.6 Å². The van der Waals surface area contributed by atoms with Crippen LogP contribution in [0.15, 0.2) is 4.99 Å². The van der Waals surface area contributed by atoms with Crippen molar-refractivity contribution < 1.29 is 9.47 Å². The first-order valence-corrected chi connectivity index (χ1v) is 3.47. The number of methoxy groups -OCH3 is 1. The maximum Gasteiger partial charge on any atom is 0.112 e. The maximum atomic E-state index is 5.11. The molecule has 0 aromatic rings. The van der Waals surface area contributed by atoms with E-state index in [1.54, 1.807) is 7.11 Å². The summed E-state index contributed by atoms with van der Waals surface area (Å²) < 4.78 is 10.2. The fourth-order valence-electron chi connectivity index (χ4n) is 0.937. The second-order valence-electron chi connectivity index (χ2n) is 2.10. The minimum atomic E-state index is 0.0579. The summed E-state index contributed by atoms with van der Waals surface area (Å²) in [5, 5.41) is 2.32. The largest absolute Gasteiger partial charge is 0.377 e. The van der Waals surface area contributed by atoms with Crippen LogP contribution in [0.25, 0.3) is 0 Å². The first-order valence-electron chi connectivity index (χ1n) is 3.06. The highest BCUT2D eigenvalue weighted by atomic mass is 32.1. The fourth-order valence-corrected chi connectivity index (χ4v) is 1.07. The summed E-state index contributed by atoms with van der Waals surface area (Å²) in [7, 11) is 1.64. The molecule has 0 aromatic heterocycles. The van der Waals surface area contributed by atoms with Gasteiger partial charge in [-0.15, -0.1) is 0 Å². The van der Waals surface area contributed by atoms with E-state index >= 15 is 0 Å². The van der Waals surface area contributed by atoms with Crippen LogP contribution in [0.1, 0.15) is 0 Å². The van der Waals surface area contributed by atoms with E-state index in [1.807, 2.05) is 0 Å². The van der Waals surface area contributed by atoms with Crippen LogP contribution in [0.5, 0.6) is 0 Å². The fraction of sp³-hybridized carbons (Fsp3) is 0.833. The molecule has 1 fully saturated rings. The van der Waals surface area contributed by atoms with Crippen molar-refractivity contribution in [3.63, 3.8) is 0 Å². The number of rotatable bonds is 2. The topological polar surface area (TPSA) is 30.8 Å². The van der Waals surface area contributed by atoms with Crippen molar-refractivity contribution in [1.82, 2.24) is 0 Å². The summed E-state index contributed by atoms with van der Waals surface area (Å²) in [6, 6.07) is 0.0579. The van der Waals surface area contributed by atoms with Crippen molar-refractivity contribution in [1.29, 1.82) is 0 Å². The number of hydrogen-bond donors (Lipinski definition) is 0. The van der Waals surface area contributed by atoms with Crippen molar-refractivity contribution in [2.24, 2.45) is 4.99 Å². The number of aliphatic imine (C=N–C) groups is 1. The average Bonchev–Trinajstić information content (AvgIpc) is 2.36. The standard InChI is InChI=1S/C6H9NO2S/c1-8-6-3-9-2-5(6)7-4-10/h5-6H,2-3H2,1H3/t5-,6+/m0/s1. The molecule has 4 heteroatoms. The van der Waals surface area contributed by atoms with E-state index in [-0.39, 0.29) is 12.1 Å². The lowest BCUT2D eigenvalue weighted by molar-refractivity contribution is 0.0781. The maximum absolute atomic E-state index is 5.11. The van der Waals surface area contributed by atoms with E-state index in [0.29, 0.717) is 13.2 Å². The zero-order chi connectivity index (χ0) is 7.40. The second-order valence-corrected chi connectivity index (χ2v) is 2.28. The number of ether oxygens (including phenoxy) is 2. The SMILES string of the molecule is CO[C@@H]1COC[C@@H]1N=C=S. The molecule has 1 aliphatic rings. The predicted octanol–water partition coefficient (Wildman–Crippen LogP) is 0.503. The van der Waals surface area contributed by atoms with E-state index in [1.165, 1.54) is 0 Å². The Hall–Kier alpha value is -0.280. The van der Waals surface area contributed by atoms with Crippen LogP contribution in [0.4, 0.5) is 0 Å². The Morgan fingerprint density at radius 2 is 2.50 bits per heavy atom. The summed E-state index contributed by atoms with van der Waals surface area (Å²) >= 11 is 4.46. The Morgan fingerprint density at radius 3 is 3.10 bits per heavy atom. The zero-order valence-electron chi connectivity index (χ0n) is 5.74. The van der Waals surface area contributed by atoms with Gasteiger partial charge in [0.15, 0.2) is 0 Å². The van der Waals surface area contributed by atoms with Crippen molar-refractivity contribution in [2.75, 3.05) is 20.3 Å². The molecule has 0 aromatic carbocycles. The lowest BCUT2D eigenvalue weighted by Crippen LogP contribution is -2.23. The molecular weight excluding hydrogens is 150 g/mol. The summed E-state index contributed by atoms with van der Waals surface area (Å²) in [5.74, 6) is 0. The second kappa shape index (κ2) is 3.78. The van der Waals surface area contributed by atoms with Crippen molar-refractivity contribution in [3.05, 3.63) is 0 Å². The smallest absolute Gasteiger partial charge is 0.112 e. The number of thiocarbonyl (C=S) groups is 1. The number of isothiocyanates is 1. The normalized spacial score (nSPS) is 31.7. The van der Waals surface area contributed by atoms with Gasteiger partial charge in [-0.25, -0.2) is 4.99 Å². The van der Waals surface area contributed by atoms with Gasteiger partial charge in [0.1, 0.15) is 12.1 Å². The first kappa shape index (κ1) is 7.82. The Kier molecular flexibility index (Phi) is 2.96. The van der Waals surface area contributed by atoms with Crippen LogP contribution in [0.3, 0.4) is 0 Å². The van der Waals surface area contributed by atoms with Crippen molar-refractivity contribution >= 4 is 17.4 Å². The Morgan fingerprint density at radius 1 is 1.70 bits per heavy atom. The van der Waals surface area contributed by atoms with Gasteiger partial charge in [-0.05, 0) is 12.2 Å². The van der Waals surface area contributed by atoms with Crippen LogP contribution in [0, 0.1) is 0 Å². The third-order valence-corrected chi connectivity index (χ3v) is 1.63. The molecule has 0 spiro atoms. The monoisotopic (exact) mass is 159 g/mol. The van der Waals surface area contributed by atoms with Crippen LogP contribution < -0.4 is 0 Å². The minimum absolute atomic E-state index is 0.0579. The molecule has 0 unspecified atom stereocenters. The van der Waals surface area contributed by atoms with Crippen molar-refractivity contribution in [3.8, 4) is 0 Å². The molecule has 0 N–H and O–H groups in total. The van der Waals surface area contributed by atoms with Gasteiger partial charge in [0.2, 0.25) is 0 Å². The molecule has 1 saturated heterocycles. The lowest BCUT2D eigenvalue weighted by atomic mass is 10.2. The Labute approximate surface area is 65.0 Å². The van der Waals surface area contributed by atoms with E-state index in [9.17, 15) is 0 Å². The minimum Gasteiger partial charge on any atom is -0.377 e. The Balaban J connectivity index is 2.49. The van der Waals surface area contributed by atoms with Gasteiger partial charge in [0, 0.05) is 7.11 Å². The molecule has 56 valence electrons. The summed E-state index contributed by atoms with van der Waals surface area (Å²) in [4.78, 5) is 3.89. The predicted molar refractivity (Wildman–Crippen MR) is 40.4 cm³/mol. The third-order valence-electron chi connectivity index (χ3n) is 1.52. The molecular formula is C6H9NO2S. The molecule has 0 saturated carbocycles. The first-order chi connectivity index (χ1) is 4.88. The van der Waals surface area contributed by atoms with E-state index in [2.05, 4.69) is 22.4 Å². The van der Waals surface area contributed by atoms with Gasteiger partial charge < -0.3 is 9.47 Å². The van der Waals surface area contributed by atoms with Crippen LogP contribution in [0.2, 0.25) is 0 Å². The molecule has 1 aliphatic heterocycles. The molecule has 10 heavy (non-hydrogen) atoms. The summed E-state index contributed by atoms with van der Waals surface area (Å²) in [6.07, 6.45) is 0.0652. The number of nitrogens with zero attached hydrogens (tertiary/aromatic N) is 1. The molecule has 0 bridgehead atoms. The highest BCUT2D eigenvalue weighted by Gasteiger charge is 2.27. The van der Waals surface area contributed by atoms with E-state index in [4.69, 9.17) is 9.47 Å². The van der Waals surface area contributed by atoms with Crippen LogP contribution >= 0.6 is 12.2 Å². The molecule has 0 radical (unpaired) electrons. The molecule has 1 heterocycles. The van der Waals surface area contributed by atoms with E-state index in [0.717, 1.165) is 0 Å². The van der Waals surface area contributed by atoms with Gasteiger partial charge in [-0.2, -0.15) is 0 Å². The zero-order valence-corrected chi connectivity index (χ0v) is 6.56. The Bertz CT molecular complexity index is 156. The molecule has 0 aliphatic carbocycles. The summed E-state index contributed by atoms with van der Waals surface area (Å²) in [5.41, 5.74) is 0. The molecule has 2 atom stereocenters. The van der Waals surface area contributed by atoms with Crippen LogP contribution in [-0.2, 0) is 9.47 Å². The van der Waals surface area contributed by atoms with Gasteiger partial charge in [0.05, 0.1) is 18.4 Å². The highest BCUT2D eigenvalue weighted by molar-refractivity contribution is 7.78. The lowest BCUT2D eigenvalue weighted by Gasteiger charge is -2.08. The van der Waals surface area contributed by atoms with Gasteiger partial charge in [-0.1, -0.05) is 0 Å². The van der Waals surface area contributed by atoms with Gasteiger partial charge in [0.25, 0.3) is 0 Å². The number of hydrogen-bond acceptors (Lipinski definition) is 4. The molecule has 0 amide bonds. The van der Waals surface area contributed by atoms with Crippen molar-refractivity contribution in [2.45, 2.75) is 12.1 Å². The summed E-state index contributed by atoms with van der Waals surface area (Å²) in [6.45, 7) is 1.21. The quantitative estimate of drug-likeness (QED) is 0.434. The third kappa shape index (κ3) is 1.61. The van der Waals surface area contributed by atoms with Gasteiger partial charge >= 0.3 is 0 Å². The van der Waals surface area contributed by atoms with Gasteiger partial charge in [-0.3, -0.25) is 0 Å². The average molecular weight is 159 g/mol. The molecule has 1 rings (SSSR count). The van der Waals surface area contributed by atoms with E-state index < -0.39 is 0 Å². The highest BCUT2D eigenvalue weighted by Crippen LogP contribution is 2.11. The molecule has 3 nitrogen and oxygen atoms in total.